The Morgan fingerprint density at radius 2 is 1.73 bits per heavy atom. The van der Waals surface area contributed by atoms with Gasteiger partial charge in [0, 0.05) is 56.7 Å². The second-order valence-corrected chi connectivity index (χ2v) is 11.0. The molecule has 0 bridgehead atoms. The Hall–Kier alpha value is -5.42. The molecule has 11 nitrogen and oxygen atoms in total. The number of carbonyl (C=O) groups excluding carboxylic acids is 3. The molecule has 1 aliphatic heterocycles. The van der Waals surface area contributed by atoms with Crippen molar-refractivity contribution in [1.82, 2.24) is 29.9 Å². The number of carbonyl (C=O) groups is 3. The van der Waals surface area contributed by atoms with Crippen molar-refractivity contribution in [2.45, 2.75) is 6.92 Å². The number of aromatic amines is 1. The first-order valence-corrected chi connectivity index (χ1v) is 14.3. The number of rotatable bonds is 7. The number of piperazine rings is 1. The molecule has 0 atom stereocenters. The summed E-state index contributed by atoms with van der Waals surface area (Å²) in [6, 6.07) is 19.6. The van der Waals surface area contributed by atoms with Gasteiger partial charge in [-0.1, -0.05) is 12.1 Å². The van der Waals surface area contributed by atoms with Crippen LogP contribution in [0, 0.1) is 6.92 Å². The Morgan fingerprint density at radius 3 is 2.48 bits per heavy atom. The van der Waals surface area contributed by atoms with Gasteiger partial charge >= 0.3 is 0 Å². The summed E-state index contributed by atoms with van der Waals surface area (Å²) in [5, 5.41) is 8.43. The summed E-state index contributed by atoms with van der Waals surface area (Å²) >= 11 is 0. The highest BCUT2D eigenvalue weighted by molar-refractivity contribution is 6.13. The van der Waals surface area contributed by atoms with E-state index in [1.165, 1.54) is 15.8 Å². The van der Waals surface area contributed by atoms with Gasteiger partial charge in [-0.3, -0.25) is 14.4 Å². The minimum absolute atomic E-state index is 0.0222. The number of nitrogens with two attached hydrogens (primary N) is 1. The Morgan fingerprint density at radius 1 is 0.955 bits per heavy atom. The normalized spacial score (nSPS) is 13.2. The number of nitrogens with zero attached hydrogens (tertiary/aromatic N) is 4. The number of aromatic nitrogens is 3. The van der Waals surface area contributed by atoms with Crippen LogP contribution in [0.25, 0.3) is 16.6 Å². The average Bonchev–Trinajstić information content (AvgIpc) is 3.64. The molecule has 1 saturated heterocycles. The van der Waals surface area contributed by atoms with Gasteiger partial charge in [0.25, 0.3) is 11.8 Å². The van der Waals surface area contributed by atoms with E-state index in [2.05, 4.69) is 15.4 Å². The van der Waals surface area contributed by atoms with Crippen LogP contribution >= 0.6 is 0 Å². The van der Waals surface area contributed by atoms with Crippen molar-refractivity contribution in [3.05, 3.63) is 101 Å². The number of aryl methyl sites for hydroxylation is 1. The number of ether oxygens (including phenoxy) is 1. The van der Waals surface area contributed by atoms with Gasteiger partial charge in [0.15, 0.2) is 0 Å². The minimum atomic E-state index is -0.306. The maximum atomic E-state index is 13.5. The highest BCUT2D eigenvalue weighted by Gasteiger charge is 2.22. The molecule has 224 valence electrons. The molecule has 3 heterocycles. The van der Waals surface area contributed by atoms with Crippen LogP contribution in [0.1, 0.15) is 42.3 Å². The lowest BCUT2D eigenvalue weighted by Crippen LogP contribution is -2.46. The zero-order valence-electron chi connectivity index (χ0n) is 24.8. The molecule has 0 saturated carbocycles. The first kappa shape index (κ1) is 28.7. The van der Waals surface area contributed by atoms with Gasteiger partial charge in [-0.25, -0.2) is 4.68 Å². The van der Waals surface area contributed by atoms with Crippen molar-refractivity contribution in [2.24, 2.45) is 0 Å². The van der Waals surface area contributed by atoms with Crippen LogP contribution in [0.15, 0.2) is 72.9 Å². The van der Waals surface area contributed by atoms with Gasteiger partial charge in [-0.05, 0) is 67.1 Å². The van der Waals surface area contributed by atoms with Gasteiger partial charge in [-0.15, -0.1) is 0 Å². The van der Waals surface area contributed by atoms with Crippen LogP contribution in [-0.2, 0) is 0 Å². The molecule has 0 unspecified atom stereocenters. The van der Waals surface area contributed by atoms with Gasteiger partial charge in [0.2, 0.25) is 5.78 Å². The number of amides is 2. The first-order valence-electron chi connectivity index (χ1n) is 14.3. The molecule has 1 fully saturated rings. The molecule has 11 heteroatoms. The summed E-state index contributed by atoms with van der Waals surface area (Å²) < 4.78 is 7.59. The third-order valence-electron chi connectivity index (χ3n) is 7.72. The molecule has 3 aromatic carbocycles. The van der Waals surface area contributed by atoms with Crippen LogP contribution in [0.2, 0.25) is 0 Å². The average molecular weight is 592 g/mol. The number of anilines is 1. The summed E-state index contributed by atoms with van der Waals surface area (Å²) in [6.45, 7) is 4.77. The summed E-state index contributed by atoms with van der Waals surface area (Å²) in [5.74, 6) is 0.700. The Balaban J connectivity index is 1.22. The van der Waals surface area contributed by atoms with Crippen molar-refractivity contribution in [3.8, 4) is 17.2 Å². The predicted molar refractivity (Wildman–Crippen MR) is 168 cm³/mol. The third kappa shape index (κ3) is 5.40. The minimum Gasteiger partial charge on any atom is -0.457 e. The summed E-state index contributed by atoms with van der Waals surface area (Å²) in [7, 11) is 3.38. The monoisotopic (exact) mass is 591 g/mol. The zero-order valence-corrected chi connectivity index (χ0v) is 24.8. The van der Waals surface area contributed by atoms with E-state index in [-0.39, 0.29) is 29.0 Å². The van der Waals surface area contributed by atoms with Crippen molar-refractivity contribution >= 4 is 34.3 Å². The molecular formula is C33H33N7O4. The molecule has 0 aliphatic carbocycles. The summed E-state index contributed by atoms with van der Waals surface area (Å²) in [5.41, 5.74) is 10.3. The second kappa shape index (κ2) is 11.7. The highest BCUT2D eigenvalue weighted by atomic mass is 16.5. The standard InChI is InChI=1S/C33H33N7O4/c1-20-16-23(44-29-7-5-4-6-24(29)33(43)38(2)3)9-11-28(20)40-31(34)25(19-36-40)30(41)27-18-22-17-21(8-10-26(22)37-27)32(42)39-14-12-35-13-15-39/h4-11,16-19,35,37H,12-15,34H2,1-3H3. The molecule has 2 aromatic heterocycles. The first-order chi connectivity index (χ1) is 21.2. The molecule has 2 amide bonds. The van der Waals surface area contributed by atoms with E-state index in [9.17, 15) is 14.4 Å². The number of benzene rings is 3. The van der Waals surface area contributed by atoms with Crippen LogP contribution < -0.4 is 15.8 Å². The van der Waals surface area contributed by atoms with E-state index in [1.54, 1.807) is 56.6 Å². The Kier molecular flexibility index (Phi) is 7.62. The largest absolute Gasteiger partial charge is 0.457 e. The third-order valence-corrected chi connectivity index (χ3v) is 7.72. The fourth-order valence-electron chi connectivity index (χ4n) is 5.34. The van der Waals surface area contributed by atoms with Gasteiger partial charge < -0.3 is 30.6 Å². The topological polar surface area (TPSA) is 139 Å². The van der Waals surface area contributed by atoms with E-state index >= 15 is 0 Å². The van der Waals surface area contributed by atoms with Crippen LogP contribution in [0.5, 0.6) is 11.5 Å². The van der Waals surface area contributed by atoms with E-state index < -0.39 is 0 Å². The second-order valence-electron chi connectivity index (χ2n) is 11.0. The van der Waals surface area contributed by atoms with Crippen molar-refractivity contribution in [3.63, 3.8) is 0 Å². The molecule has 44 heavy (non-hydrogen) atoms. The maximum Gasteiger partial charge on any atom is 0.257 e. The molecule has 0 radical (unpaired) electrons. The number of fused-ring (bicyclic) bond motifs is 1. The quantitative estimate of drug-likeness (QED) is 0.243. The van der Waals surface area contributed by atoms with Crippen LogP contribution in [-0.4, -0.2) is 82.4 Å². The Labute approximate surface area is 254 Å². The van der Waals surface area contributed by atoms with Gasteiger partial charge in [0.05, 0.1) is 28.7 Å². The fraction of sp³-hybridized carbons (Fsp3) is 0.212. The fourth-order valence-corrected chi connectivity index (χ4v) is 5.34. The zero-order chi connectivity index (χ0) is 31.0. The van der Waals surface area contributed by atoms with E-state index in [4.69, 9.17) is 10.5 Å². The van der Waals surface area contributed by atoms with Crippen LogP contribution in [0.4, 0.5) is 5.82 Å². The van der Waals surface area contributed by atoms with E-state index in [1.807, 2.05) is 36.1 Å². The molecule has 0 spiro atoms. The number of para-hydroxylation sites is 1. The summed E-state index contributed by atoms with van der Waals surface area (Å²) in [6.07, 6.45) is 1.45. The molecular weight excluding hydrogens is 558 g/mol. The number of nitrogen functional groups attached to an aromatic ring is 1. The molecule has 6 rings (SSSR count). The number of nitrogens with one attached hydrogen (secondary N) is 2. The van der Waals surface area contributed by atoms with E-state index in [0.29, 0.717) is 47.1 Å². The highest BCUT2D eigenvalue weighted by Crippen LogP contribution is 2.30. The number of H-pyrrole nitrogens is 1. The van der Waals surface area contributed by atoms with Gasteiger partial charge in [-0.2, -0.15) is 5.10 Å². The lowest BCUT2D eigenvalue weighted by molar-refractivity contribution is 0.0735. The van der Waals surface area contributed by atoms with Gasteiger partial charge in [0.1, 0.15) is 17.3 Å². The lowest BCUT2D eigenvalue weighted by Gasteiger charge is -2.27. The number of hydrogen-bond donors (Lipinski definition) is 3. The van der Waals surface area contributed by atoms with Crippen molar-refractivity contribution < 1.29 is 19.1 Å². The smallest absolute Gasteiger partial charge is 0.257 e. The Bertz CT molecular complexity index is 1900. The predicted octanol–water partition coefficient (Wildman–Crippen LogP) is 4.01. The van der Waals surface area contributed by atoms with E-state index in [0.717, 1.165) is 29.6 Å². The lowest BCUT2D eigenvalue weighted by atomic mass is 10.1. The van der Waals surface area contributed by atoms with Crippen molar-refractivity contribution in [1.29, 1.82) is 0 Å². The molecule has 4 N–H and O–H groups in total. The number of ketones is 1. The maximum absolute atomic E-state index is 13.5. The SMILES string of the molecule is Cc1cc(Oc2ccccc2C(=O)N(C)C)ccc1-n1ncc(C(=O)c2cc3cc(C(=O)N4CCNCC4)ccc3[nH]2)c1N. The molecule has 5 aromatic rings. The van der Waals surface area contributed by atoms with Crippen molar-refractivity contribution in [2.75, 3.05) is 46.0 Å². The summed E-state index contributed by atoms with van der Waals surface area (Å²) in [4.78, 5) is 45.6. The molecule has 1 aliphatic rings. The number of hydrogen-bond acceptors (Lipinski definition) is 7. The van der Waals surface area contributed by atoms with Crippen LogP contribution in [0.3, 0.4) is 0 Å².